The highest BCUT2D eigenvalue weighted by Crippen LogP contribution is 2.54. The number of hydrogen-bond donors (Lipinski definition) is 4. The number of aliphatic carboxylic acids is 1. The molecule has 0 aromatic rings. The lowest BCUT2D eigenvalue weighted by Crippen LogP contribution is -2.69. The lowest BCUT2D eigenvalue weighted by Gasteiger charge is -2.57. The number of carboxylic acids is 1. The molecule has 1 heterocycles. The molecule has 0 spiro atoms. The minimum atomic E-state index is -1.24. The Morgan fingerprint density at radius 3 is 2.09 bits per heavy atom. The second-order valence-corrected chi connectivity index (χ2v) is 9.00. The quantitative estimate of drug-likeness (QED) is 0.544. The monoisotopic (exact) mass is 331 g/mol. The molecule has 1 fully saturated rings. The van der Waals surface area contributed by atoms with Gasteiger partial charge in [0.1, 0.15) is 0 Å². The minimum absolute atomic E-state index is 0.00175. The molecule has 0 radical (unpaired) electrons. The maximum Gasteiger partial charge on any atom is 0.305 e. The van der Waals surface area contributed by atoms with Crippen molar-refractivity contribution in [3.8, 4) is 0 Å². The number of nitrogens with one attached hydrogen (secondary N) is 2. The molecule has 0 bridgehead atoms. The Hall–Kier alpha value is -1.12. The van der Waals surface area contributed by atoms with Crippen LogP contribution in [0.25, 0.3) is 0 Å². The number of hydrogen-bond acceptors (Lipinski definition) is 6. The number of carbonyl (C=O) groups excluding carboxylic acids is 2. The fourth-order valence-corrected chi connectivity index (χ4v) is 5.04. The number of rotatable bonds is 6. The molecule has 22 heavy (non-hydrogen) atoms. The second-order valence-electron chi connectivity index (χ2n) is 6.69. The summed E-state index contributed by atoms with van der Waals surface area (Å²) in [5.41, 5.74) is 5.42. The Morgan fingerprint density at radius 2 is 1.68 bits per heavy atom. The first kappa shape index (κ1) is 18.9. The maximum atomic E-state index is 12.0. The van der Waals surface area contributed by atoms with Gasteiger partial charge in [-0.3, -0.25) is 19.7 Å². The standard InChI is InChI=1S/C14H25N3O4S/c1-7(16-12-13(2,3)22-14(12,4)5)10(20)17-11(21)8(15)6-9(18)19/h7-8,12,16H,6,15H2,1-5H3,(H,18,19)(H,17,20,21)/t7-,8+/m1/s1. The largest absolute Gasteiger partial charge is 0.481 e. The van der Waals surface area contributed by atoms with E-state index in [1.165, 1.54) is 0 Å². The van der Waals surface area contributed by atoms with Gasteiger partial charge in [0, 0.05) is 15.5 Å². The number of thioether (sulfide) groups is 1. The smallest absolute Gasteiger partial charge is 0.305 e. The SMILES string of the molecule is C[C@@H](NC1C(C)(C)SC1(C)C)C(=O)NC(=O)[C@@H](N)CC(=O)O. The van der Waals surface area contributed by atoms with Crippen LogP contribution in [-0.4, -0.2) is 50.5 Å². The first-order valence-corrected chi connectivity index (χ1v) is 7.97. The van der Waals surface area contributed by atoms with Crippen LogP contribution in [0.5, 0.6) is 0 Å². The summed E-state index contributed by atoms with van der Waals surface area (Å²) in [5, 5.41) is 14.0. The van der Waals surface area contributed by atoms with Crippen LogP contribution in [-0.2, 0) is 14.4 Å². The summed E-state index contributed by atoms with van der Waals surface area (Å²) in [5.74, 6) is -2.46. The van der Waals surface area contributed by atoms with Gasteiger partial charge < -0.3 is 16.2 Å². The molecular formula is C14H25N3O4S. The third kappa shape index (κ3) is 4.44. The Morgan fingerprint density at radius 1 is 1.18 bits per heavy atom. The zero-order chi connectivity index (χ0) is 17.3. The Labute approximate surface area is 134 Å². The molecule has 126 valence electrons. The number of carbonyl (C=O) groups is 3. The first-order valence-electron chi connectivity index (χ1n) is 7.15. The molecule has 0 saturated carbocycles. The fourth-order valence-electron chi connectivity index (χ4n) is 2.91. The summed E-state index contributed by atoms with van der Waals surface area (Å²) in [7, 11) is 0. The van der Waals surface area contributed by atoms with Crippen molar-refractivity contribution in [3.05, 3.63) is 0 Å². The van der Waals surface area contributed by atoms with Gasteiger partial charge in [-0.15, -0.1) is 11.8 Å². The molecule has 0 aromatic heterocycles. The molecule has 1 saturated heterocycles. The van der Waals surface area contributed by atoms with Crippen molar-refractivity contribution in [1.82, 2.24) is 10.6 Å². The molecule has 1 aliphatic heterocycles. The summed E-state index contributed by atoms with van der Waals surface area (Å²) in [6, 6.07) is -1.69. The topological polar surface area (TPSA) is 122 Å². The van der Waals surface area contributed by atoms with E-state index in [4.69, 9.17) is 10.8 Å². The van der Waals surface area contributed by atoms with E-state index in [9.17, 15) is 14.4 Å². The lowest BCUT2D eigenvalue weighted by atomic mass is 9.88. The molecule has 1 rings (SSSR count). The van der Waals surface area contributed by atoms with E-state index >= 15 is 0 Å². The number of amides is 2. The van der Waals surface area contributed by atoms with Crippen LogP contribution in [0.15, 0.2) is 0 Å². The van der Waals surface area contributed by atoms with Gasteiger partial charge in [0.25, 0.3) is 0 Å². The maximum absolute atomic E-state index is 12.0. The van der Waals surface area contributed by atoms with Gasteiger partial charge in [0.15, 0.2) is 0 Å². The molecule has 5 N–H and O–H groups in total. The van der Waals surface area contributed by atoms with E-state index in [1.54, 1.807) is 6.92 Å². The van der Waals surface area contributed by atoms with E-state index in [0.29, 0.717) is 0 Å². The van der Waals surface area contributed by atoms with E-state index in [1.807, 2.05) is 11.8 Å². The highest BCUT2D eigenvalue weighted by atomic mass is 32.2. The van der Waals surface area contributed by atoms with Crippen molar-refractivity contribution in [2.24, 2.45) is 5.73 Å². The zero-order valence-corrected chi connectivity index (χ0v) is 14.4. The molecule has 0 aromatic carbocycles. The van der Waals surface area contributed by atoms with Gasteiger partial charge in [0.05, 0.1) is 18.5 Å². The Kier molecular flexibility index (Phi) is 5.64. The van der Waals surface area contributed by atoms with Crippen molar-refractivity contribution < 1.29 is 19.5 Å². The predicted molar refractivity (Wildman–Crippen MR) is 85.5 cm³/mol. The number of imide groups is 1. The van der Waals surface area contributed by atoms with Gasteiger partial charge in [-0.1, -0.05) is 0 Å². The molecule has 0 unspecified atom stereocenters. The van der Waals surface area contributed by atoms with E-state index in [2.05, 4.69) is 38.3 Å². The summed E-state index contributed by atoms with van der Waals surface area (Å²) in [6.07, 6.45) is -0.514. The van der Waals surface area contributed by atoms with Crippen LogP contribution < -0.4 is 16.4 Å². The van der Waals surface area contributed by atoms with E-state index in [0.717, 1.165) is 0 Å². The molecule has 2 amide bonds. The third-order valence-corrected chi connectivity index (χ3v) is 5.23. The van der Waals surface area contributed by atoms with Crippen molar-refractivity contribution in [2.45, 2.75) is 68.7 Å². The predicted octanol–water partition coefficient (Wildman–Crippen LogP) is 0.0819. The summed E-state index contributed by atoms with van der Waals surface area (Å²) >= 11 is 1.83. The van der Waals surface area contributed by atoms with Crippen LogP contribution in [0.2, 0.25) is 0 Å². The van der Waals surface area contributed by atoms with Crippen LogP contribution in [0.3, 0.4) is 0 Å². The molecule has 0 aliphatic carbocycles. The number of carboxylic acid groups (broad SMARTS) is 1. The minimum Gasteiger partial charge on any atom is -0.481 e. The third-order valence-electron chi connectivity index (χ3n) is 3.70. The number of nitrogens with two attached hydrogens (primary N) is 1. The van der Waals surface area contributed by atoms with Gasteiger partial charge >= 0.3 is 5.97 Å². The van der Waals surface area contributed by atoms with E-state index in [-0.39, 0.29) is 15.5 Å². The Bertz CT molecular complexity index is 465. The Balaban J connectivity index is 2.55. The molecule has 8 heteroatoms. The van der Waals surface area contributed by atoms with Crippen LogP contribution in [0, 0.1) is 0 Å². The first-order chi connectivity index (χ1) is 9.86. The average Bonchev–Trinajstić information content (AvgIpc) is 2.32. The van der Waals surface area contributed by atoms with Gasteiger partial charge in [0.2, 0.25) is 11.8 Å². The van der Waals surface area contributed by atoms with Crippen LogP contribution >= 0.6 is 11.8 Å². The second kappa shape index (κ2) is 6.55. The normalized spacial score (nSPS) is 22.3. The average molecular weight is 331 g/mol. The van der Waals surface area contributed by atoms with Gasteiger partial charge in [-0.2, -0.15) is 0 Å². The zero-order valence-electron chi connectivity index (χ0n) is 13.6. The summed E-state index contributed by atoms with van der Waals surface area (Å²) in [6.45, 7) is 10.1. The highest BCUT2D eigenvalue weighted by molar-refractivity contribution is 8.03. The fraction of sp³-hybridized carbons (Fsp3) is 0.786. The highest BCUT2D eigenvalue weighted by Gasteiger charge is 2.54. The van der Waals surface area contributed by atoms with Crippen molar-refractivity contribution in [3.63, 3.8) is 0 Å². The van der Waals surface area contributed by atoms with Crippen molar-refractivity contribution >= 4 is 29.5 Å². The van der Waals surface area contributed by atoms with Crippen LogP contribution in [0.1, 0.15) is 41.0 Å². The van der Waals surface area contributed by atoms with E-state index < -0.39 is 36.3 Å². The molecular weight excluding hydrogens is 306 g/mol. The molecule has 1 aliphatic rings. The lowest BCUT2D eigenvalue weighted by molar-refractivity contribution is -0.140. The van der Waals surface area contributed by atoms with Crippen LogP contribution in [0.4, 0.5) is 0 Å². The molecule has 7 nitrogen and oxygen atoms in total. The summed E-state index contributed by atoms with van der Waals surface area (Å²) < 4.78 is 0.00349. The molecule has 2 atom stereocenters. The van der Waals surface area contributed by atoms with Gasteiger partial charge in [-0.25, -0.2) is 0 Å². The van der Waals surface area contributed by atoms with Crippen molar-refractivity contribution in [1.29, 1.82) is 0 Å². The summed E-state index contributed by atoms with van der Waals surface area (Å²) in [4.78, 5) is 34.2. The van der Waals surface area contributed by atoms with Gasteiger partial charge in [-0.05, 0) is 34.6 Å². The van der Waals surface area contributed by atoms with Crippen molar-refractivity contribution in [2.75, 3.05) is 0 Å².